The number of hydrogen-bond acceptors (Lipinski definition) is 10. The summed E-state index contributed by atoms with van der Waals surface area (Å²) in [7, 11) is 0. The van der Waals surface area contributed by atoms with Crippen molar-refractivity contribution in [1.29, 1.82) is 0 Å². The first-order chi connectivity index (χ1) is 23.8. The van der Waals surface area contributed by atoms with Crippen LogP contribution in [0.15, 0.2) is 0 Å². The van der Waals surface area contributed by atoms with Gasteiger partial charge in [-0.25, -0.2) is 4.79 Å². The van der Waals surface area contributed by atoms with Crippen LogP contribution in [-0.4, -0.2) is 126 Å². The summed E-state index contributed by atoms with van der Waals surface area (Å²) in [5.74, 6) is -7.03. The molecular weight excluding hydrogens is 670 g/mol. The van der Waals surface area contributed by atoms with Crippen LogP contribution in [0.4, 0.5) is 0 Å². The predicted molar refractivity (Wildman–Crippen MR) is 183 cm³/mol. The highest BCUT2D eigenvalue weighted by molar-refractivity contribution is 5.96. The molecule has 288 valence electrons. The van der Waals surface area contributed by atoms with Gasteiger partial charge in [-0.1, -0.05) is 41.5 Å². The first-order valence-corrected chi connectivity index (χ1v) is 17.0. The molecule has 5 atom stereocenters. The molecule has 1 aliphatic rings. The molecule has 0 aromatic rings. The fourth-order valence-electron chi connectivity index (χ4n) is 5.17. The Bertz CT molecular complexity index is 1290. The minimum Gasteiger partial charge on any atom is -0.480 e. The molecule has 0 aliphatic carbocycles. The fraction of sp³-hybridized carbons (Fsp3) is 0.719. The lowest BCUT2D eigenvalue weighted by atomic mass is 10.0. The second-order valence-corrected chi connectivity index (χ2v) is 13.5. The molecule has 1 rings (SSSR count). The standard InChI is InChI=1S/C32H55N9O10/c1-16(2)11-20(38-22(42)12-33)29(47)35-15-24(44)39-26(17(3)4)30(48)36-13-23(43)37-19(7)28(46)34-14-25(45)40-27(18(5)6)31(49)41-10-8-9-21(41)32(50)51/h16-21,26-27H,8-15,33H2,1-7H3,(H,34,46)(H,35,47)(H,36,48)(H,37,43)(H,38,42)(H,39,44)(H,40,45)(H,50,51)/t19-,20-,21-,26-,27-/m0/s1. The molecule has 51 heavy (non-hydrogen) atoms. The Morgan fingerprint density at radius 2 is 1.16 bits per heavy atom. The quantitative estimate of drug-likeness (QED) is 0.0599. The van der Waals surface area contributed by atoms with Gasteiger partial charge in [0.1, 0.15) is 30.2 Å². The third-order valence-electron chi connectivity index (χ3n) is 7.92. The lowest BCUT2D eigenvalue weighted by Gasteiger charge is -2.29. The van der Waals surface area contributed by atoms with Crippen molar-refractivity contribution in [2.75, 3.05) is 32.7 Å². The summed E-state index contributed by atoms with van der Waals surface area (Å²) in [6.45, 7) is 10.2. The Morgan fingerprint density at radius 1 is 0.667 bits per heavy atom. The van der Waals surface area contributed by atoms with Gasteiger partial charge in [0.25, 0.3) is 0 Å². The number of rotatable bonds is 20. The summed E-state index contributed by atoms with van der Waals surface area (Å²) in [5, 5.41) is 26.5. The highest BCUT2D eigenvalue weighted by atomic mass is 16.4. The zero-order valence-corrected chi connectivity index (χ0v) is 30.4. The second kappa shape index (κ2) is 21.4. The molecule has 0 bridgehead atoms. The predicted octanol–water partition coefficient (Wildman–Crippen LogP) is -3.31. The SMILES string of the molecule is CC(C)C[C@H](NC(=O)CN)C(=O)NCC(=O)N[C@H](C(=O)NCC(=O)N[C@@H](C)C(=O)NCC(=O)N[C@H](C(=O)N1CCC[C@H]1C(=O)O)C(C)C)C(C)C. The van der Waals surface area contributed by atoms with Gasteiger partial charge >= 0.3 is 5.97 Å². The number of carbonyl (C=O) groups is 9. The zero-order valence-electron chi connectivity index (χ0n) is 30.4. The molecule has 19 heteroatoms. The number of carboxylic acid groups (broad SMARTS) is 1. The maximum absolute atomic E-state index is 13.0. The fourth-order valence-corrected chi connectivity index (χ4v) is 5.17. The summed E-state index contributed by atoms with van der Waals surface area (Å²) in [6, 6.07) is -5.07. The number of nitrogens with zero attached hydrogens (tertiary/aromatic N) is 1. The van der Waals surface area contributed by atoms with E-state index in [1.54, 1.807) is 27.7 Å². The van der Waals surface area contributed by atoms with E-state index in [1.165, 1.54) is 11.8 Å². The van der Waals surface area contributed by atoms with Crippen molar-refractivity contribution in [2.45, 2.75) is 97.9 Å². The van der Waals surface area contributed by atoms with Crippen LogP contribution in [0.2, 0.25) is 0 Å². The average molecular weight is 726 g/mol. The van der Waals surface area contributed by atoms with Crippen LogP contribution in [-0.2, 0) is 43.2 Å². The van der Waals surface area contributed by atoms with Gasteiger partial charge in [-0.3, -0.25) is 38.4 Å². The number of nitrogens with two attached hydrogens (primary N) is 1. The first-order valence-electron chi connectivity index (χ1n) is 17.0. The first kappa shape index (κ1) is 44.2. The molecule has 10 N–H and O–H groups in total. The van der Waals surface area contributed by atoms with Gasteiger partial charge in [-0.05, 0) is 43.9 Å². The van der Waals surface area contributed by atoms with Crippen molar-refractivity contribution in [3.63, 3.8) is 0 Å². The van der Waals surface area contributed by atoms with Crippen molar-refractivity contribution in [2.24, 2.45) is 23.5 Å². The number of hydrogen-bond donors (Lipinski definition) is 9. The molecule has 1 heterocycles. The molecule has 0 spiro atoms. The van der Waals surface area contributed by atoms with Gasteiger partial charge in [0.2, 0.25) is 47.3 Å². The molecule has 0 aromatic carbocycles. The summed E-state index contributed by atoms with van der Waals surface area (Å²) in [4.78, 5) is 113. The van der Waals surface area contributed by atoms with Crippen LogP contribution in [0.5, 0.6) is 0 Å². The van der Waals surface area contributed by atoms with Gasteiger partial charge < -0.3 is 53.0 Å². The Hall–Kier alpha value is -4.81. The monoisotopic (exact) mass is 725 g/mol. The number of amides is 8. The molecule has 0 aromatic heterocycles. The Balaban J connectivity index is 2.59. The number of likely N-dealkylation sites (tertiary alicyclic amines) is 1. The third kappa shape index (κ3) is 15.3. The maximum Gasteiger partial charge on any atom is 0.326 e. The average Bonchev–Trinajstić information content (AvgIpc) is 3.55. The minimum atomic E-state index is -1.12. The van der Waals surface area contributed by atoms with Crippen LogP contribution >= 0.6 is 0 Å². The molecule has 0 unspecified atom stereocenters. The van der Waals surface area contributed by atoms with Crippen LogP contribution in [0.1, 0.15) is 67.7 Å². The Labute approximate surface area is 297 Å². The van der Waals surface area contributed by atoms with Gasteiger partial charge in [0, 0.05) is 6.54 Å². The number of aliphatic carboxylic acids is 1. The van der Waals surface area contributed by atoms with Crippen LogP contribution in [0.3, 0.4) is 0 Å². The number of nitrogens with one attached hydrogen (secondary N) is 7. The maximum atomic E-state index is 13.0. The van der Waals surface area contributed by atoms with Crippen molar-refractivity contribution < 1.29 is 48.3 Å². The topological polar surface area (TPSA) is 287 Å². The van der Waals surface area contributed by atoms with E-state index in [1.807, 2.05) is 13.8 Å². The van der Waals surface area contributed by atoms with Crippen molar-refractivity contribution in [3.05, 3.63) is 0 Å². The van der Waals surface area contributed by atoms with E-state index in [0.717, 1.165) is 0 Å². The van der Waals surface area contributed by atoms with Crippen LogP contribution in [0, 0.1) is 17.8 Å². The summed E-state index contributed by atoms with van der Waals surface area (Å²) < 4.78 is 0. The van der Waals surface area contributed by atoms with Crippen molar-refractivity contribution in [3.8, 4) is 0 Å². The number of carboxylic acids is 1. The van der Waals surface area contributed by atoms with Crippen LogP contribution in [0.25, 0.3) is 0 Å². The van der Waals surface area contributed by atoms with E-state index >= 15 is 0 Å². The molecule has 1 fully saturated rings. The normalized spacial score (nSPS) is 16.4. The largest absolute Gasteiger partial charge is 0.480 e. The Kier molecular flexibility index (Phi) is 18.6. The molecule has 0 radical (unpaired) electrons. The lowest BCUT2D eigenvalue weighted by Crippen LogP contribution is -2.56. The van der Waals surface area contributed by atoms with Gasteiger partial charge in [-0.2, -0.15) is 0 Å². The van der Waals surface area contributed by atoms with Crippen LogP contribution < -0.4 is 43.0 Å². The highest BCUT2D eigenvalue weighted by Gasteiger charge is 2.38. The van der Waals surface area contributed by atoms with Crippen molar-refractivity contribution in [1.82, 2.24) is 42.1 Å². The molecule has 8 amide bonds. The van der Waals surface area contributed by atoms with E-state index in [4.69, 9.17) is 5.73 Å². The molecule has 1 saturated heterocycles. The third-order valence-corrected chi connectivity index (χ3v) is 7.92. The van der Waals surface area contributed by atoms with E-state index in [2.05, 4.69) is 37.2 Å². The number of carbonyl (C=O) groups excluding carboxylic acids is 8. The minimum absolute atomic E-state index is 0.0565. The van der Waals surface area contributed by atoms with Crippen molar-refractivity contribution >= 4 is 53.2 Å². The lowest BCUT2D eigenvalue weighted by molar-refractivity contribution is -0.150. The molecule has 0 saturated carbocycles. The van der Waals surface area contributed by atoms with Gasteiger partial charge in [-0.15, -0.1) is 0 Å². The zero-order chi connectivity index (χ0) is 39.0. The molecule has 1 aliphatic heterocycles. The van der Waals surface area contributed by atoms with E-state index in [-0.39, 0.29) is 24.9 Å². The summed E-state index contributed by atoms with van der Waals surface area (Å²) in [6.07, 6.45) is 1.16. The molecular formula is C32H55N9O10. The summed E-state index contributed by atoms with van der Waals surface area (Å²) in [5.41, 5.74) is 5.32. The van der Waals surface area contributed by atoms with Gasteiger partial charge in [0.05, 0.1) is 26.2 Å². The second-order valence-electron chi connectivity index (χ2n) is 13.5. The van der Waals surface area contributed by atoms with E-state index < -0.39 is 109 Å². The Morgan fingerprint density at radius 3 is 1.65 bits per heavy atom. The van der Waals surface area contributed by atoms with E-state index in [9.17, 15) is 48.3 Å². The summed E-state index contributed by atoms with van der Waals surface area (Å²) >= 11 is 0. The van der Waals surface area contributed by atoms with E-state index in [0.29, 0.717) is 19.3 Å². The van der Waals surface area contributed by atoms with Gasteiger partial charge in [0.15, 0.2) is 0 Å². The smallest absolute Gasteiger partial charge is 0.326 e. The highest BCUT2D eigenvalue weighted by Crippen LogP contribution is 2.20. The molecule has 19 nitrogen and oxygen atoms in total.